The summed E-state index contributed by atoms with van der Waals surface area (Å²) in [7, 11) is 0. The molecular formula is C72H46N2O. The topological polar surface area (TPSA) is 21.3 Å². The maximum atomic E-state index is 6.60. The van der Waals surface area contributed by atoms with Crippen LogP contribution < -0.4 is 4.90 Å². The van der Waals surface area contributed by atoms with E-state index in [2.05, 4.69) is 289 Å². The van der Waals surface area contributed by atoms with Gasteiger partial charge < -0.3 is 13.9 Å². The second kappa shape index (κ2) is 17.4. The minimum Gasteiger partial charge on any atom is -0.455 e. The van der Waals surface area contributed by atoms with Crippen molar-refractivity contribution in [2.45, 2.75) is 0 Å². The average Bonchev–Trinajstić information content (AvgIpc) is 4.04. The summed E-state index contributed by atoms with van der Waals surface area (Å²) in [6.07, 6.45) is 0. The van der Waals surface area contributed by atoms with E-state index in [9.17, 15) is 0 Å². The molecule has 350 valence electrons. The van der Waals surface area contributed by atoms with E-state index < -0.39 is 0 Å². The highest BCUT2D eigenvalue weighted by Gasteiger charge is 2.19. The van der Waals surface area contributed by atoms with Crippen molar-refractivity contribution in [2.75, 3.05) is 4.90 Å². The molecule has 75 heavy (non-hydrogen) atoms. The fourth-order valence-corrected chi connectivity index (χ4v) is 11.7. The third kappa shape index (κ3) is 7.20. The summed E-state index contributed by atoms with van der Waals surface area (Å²) in [6, 6.07) is 101. The van der Waals surface area contributed by atoms with Crippen molar-refractivity contribution in [3.05, 3.63) is 279 Å². The number of rotatable bonds is 8. The van der Waals surface area contributed by atoms with Crippen LogP contribution in [0, 0.1) is 0 Å². The van der Waals surface area contributed by atoms with E-state index in [1.165, 1.54) is 71.0 Å². The predicted octanol–water partition coefficient (Wildman–Crippen LogP) is 20.3. The normalized spacial score (nSPS) is 11.7. The molecule has 13 aromatic carbocycles. The van der Waals surface area contributed by atoms with Gasteiger partial charge in [-0.05, 0) is 145 Å². The zero-order valence-electron chi connectivity index (χ0n) is 40.9. The van der Waals surface area contributed by atoms with Crippen LogP contribution in [0.2, 0.25) is 0 Å². The van der Waals surface area contributed by atoms with E-state index in [4.69, 9.17) is 4.42 Å². The van der Waals surface area contributed by atoms with E-state index in [0.29, 0.717) is 0 Å². The molecule has 0 saturated carbocycles. The van der Waals surface area contributed by atoms with E-state index in [0.717, 1.165) is 72.3 Å². The summed E-state index contributed by atoms with van der Waals surface area (Å²) in [5, 5.41) is 12.2. The molecule has 0 aliphatic rings. The van der Waals surface area contributed by atoms with E-state index in [1.54, 1.807) is 0 Å². The molecule has 0 aliphatic carbocycles. The molecule has 3 nitrogen and oxygen atoms in total. The van der Waals surface area contributed by atoms with Crippen LogP contribution in [0.5, 0.6) is 0 Å². The number of furan rings is 1. The lowest BCUT2D eigenvalue weighted by Crippen LogP contribution is -2.09. The van der Waals surface area contributed by atoms with Gasteiger partial charge >= 0.3 is 0 Å². The van der Waals surface area contributed by atoms with Crippen molar-refractivity contribution >= 4 is 93.1 Å². The Morgan fingerprint density at radius 2 is 0.680 bits per heavy atom. The number of aromatic nitrogens is 1. The van der Waals surface area contributed by atoms with Gasteiger partial charge in [0, 0.05) is 49.6 Å². The molecule has 0 N–H and O–H groups in total. The smallest absolute Gasteiger partial charge is 0.143 e. The van der Waals surface area contributed by atoms with Gasteiger partial charge in [0.1, 0.15) is 11.2 Å². The van der Waals surface area contributed by atoms with Crippen molar-refractivity contribution in [1.82, 2.24) is 4.57 Å². The van der Waals surface area contributed by atoms with Crippen LogP contribution in [0.4, 0.5) is 17.1 Å². The lowest BCUT2D eigenvalue weighted by Gasteiger charge is -2.26. The van der Waals surface area contributed by atoms with E-state index in [1.807, 2.05) is 0 Å². The SMILES string of the molecule is c1ccc(-n2c3ccccc3c3ccccc32)c(-c2ccc(N(c3ccc(-c4ccc(-c5ccc6ccc7ccccc7c6c5)cc4)cc3)c3ccc(-c4ccc5c(c4)oc4c6ccccc6ccc54)cc3)cc2)c1. The third-order valence-electron chi connectivity index (χ3n) is 15.4. The zero-order valence-corrected chi connectivity index (χ0v) is 40.9. The second-order valence-electron chi connectivity index (χ2n) is 19.6. The highest BCUT2D eigenvalue weighted by atomic mass is 16.3. The van der Waals surface area contributed by atoms with Crippen LogP contribution in [0.1, 0.15) is 0 Å². The van der Waals surface area contributed by atoms with Gasteiger partial charge in [0.05, 0.1) is 16.7 Å². The molecule has 0 atom stereocenters. The number of anilines is 3. The molecule has 0 saturated heterocycles. The molecule has 15 aromatic rings. The van der Waals surface area contributed by atoms with Crippen molar-refractivity contribution in [2.24, 2.45) is 0 Å². The Morgan fingerprint density at radius 3 is 1.32 bits per heavy atom. The Labute approximate surface area is 434 Å². The van der Waals surface area contributed by atoms with Gasteiger partial charge in [0.2, 0.25) is 0 Å². The highest BCUT2D eigenvalue weighted by molar-refractivity contribution is 6.16. The number of para-hydroxylation sites is 3. The molecule has 2 aromatic heterocycles. The van der Waals surface area contributed by atoms with Crippen molar-refractivity contribution in [3.8, 4) is 50.2 Å². The van der Waals surface area contributed by atoms with Crippen molar-refractivity contribution in [3.63, 3.8) is 0 Å². The molecule has 0 spiro atoms. The standard InChI is InChI=1S/C72H46N2O/c1-3-13-60-51(11-1)25-26-54-27-28-55(45-67(54)60)49-23-21-47(22-24-49)48-29-37-57(38-30-48)73(58-39-31-50(32-40-58)56-36-43-65-66-44-35-52-12-2-4-15-62(52)72(66)75-71(65)46-56)59-41-33-53(34-42-59)61-14-5-8-18-68(61)74-69-19-9-6-16-63(69)64-17-7-10-20-70(64)74/h1-46H. The molecule has 0 radical (unpaired) electrons. The van der Waals surface area contributed by atoms with E-state index >= 15 is 0 Å². The second-order valence-corrected chi connectivity index (χ2v) is 19.6. The number of nitrogens with zero attached hydrogens (tertiary/aromatic N) is 2. The van der Waals surface area contributed by atoms with Crippen molar-refractivity contribution in [1.29, 1.82) is 0 Å². The van der Waals surface area contributed by atoms with Gasteiger partial charge in [0.25, 0.3) is 0 Å². The van der Waals surface area contributed by atoms with Crippen LogP contribution >= 0.6 is 0 Å². The van der Waals surface area contributed by atoms with Crippen LogP contribution in [0.15, 0.2) is 283 Å². The number of fused-ring (bicyclic) bond motifs is 11. The minimum atomic E-state index is 0.890. The lowest BCUT2D eigenvalue weighted by atomic mass is 9.96. The van der Waals surface area contributed by atoms with Crippen LogP contribution in [0.25, 0.3) is 126 Å². The lowest BCUT2D eigenvalue weighted by molar-refractivity contribution is 0.673. The summed E-state index contributed by atoms with van der Waals surface area (Å²) >= 11 is 0. The summed E-state index contributed by atoms with van der Waals surface area (Å²) in [5.41, 5.74) is 17.9. The van der Waals surface area contributed by atoms with Gasteiger partial charge in [-0.1, -0.05) is 200 Å². The van der Waals surface area contributed by atoms with Gasteiger partial charge in [-0.25, -0.2) is 0 Å². The van der Waals surface area contributed by atoms with Gasteiger partial charge in [-0.15, -0.1) is 0 Å². The largest absolute Gasteiger partial charge is 0.455 e. The number of hydrogen-bond acceptors (Lipinski definition) is 2. The Kier molecular flexibility index (Phi) is 9.89. The average molecular weight is 955 g/mol. The first-order valence-corrected chi connectivity index (χ1v) is 25.7. The fraction of sp³-hybridized carbons (Fsp3) is 0. The molecule has 0 fully saturated rings. The summed E-state index contributed by atoms with van der Waals surface area (Å²) in [5.74, 6) is 0. The summed E-state index contributed by atoms with van der Waals surface area (Å²) < 4.78 is 9.01. The van der Waals surface area contributed by atoms with Crippen LogP contribution in [0.3, 0.4) is 0 Å². The molecule has 0 aliphatic heterocycles. The quantitative estimate of drug-likeness (QED) is 0.142. The Bertz CT molecular complexity index is 4620. The van der Waals surface area contributed by atoms with Crippen LogP contribution in [-0.4, -0.2) is 4.57 Å². The van der Waals surface area contributed by atoms with Crippen molar-refractivity contribution < 1.29 is 4.42 Å². The molecule has 3 heteroatoms. The maximum absolute atomic E-state index is 6.60. The monoisotopic (exact) mass is 954 g/mol. The first-order valence-electron chi connectivity index (χ1n) is 25.7. The zero-order chi connectivity index (χ0) is 49.4. The first kappa shape index (κ1) is 42.7. The highest BCUT2D eigenvalue weighted by Crippen LogP contribution is 2.42. The molecule has 2 heterocycles. The first-order chi connectivity index (χ1) is 37.2. The number of benzene rings is 13. The van der Waals surface area contributed by atoms with E-state index in [-0.39, 0.29) is 0 Å². The molecule has 0 unspecified atom stereocenters. The van der Waals surface area contributed by atoms with Gasteiger partial charge in [-0.3, -0.25) is 0 Å². The molecule has 15 rings (SSSR count). The van der Waals surface area contributed by atoms with Gasteiger partial charge in [0.15, 0.2) is 0 Å². The van der Waals surface area contributed by atoms with Gasteiger partial charge in [-0.2, -0.15) is 0 Å². The fourth-order valence-electron chi connectivity index (χ4n) is 11.7. The Balaban J connectivity index is 0.786. The molecule has 0 amide bonds. The maximum Gasteiger partial charge on any atom is 0.143 e. The Morgan fingerprint density at radius 1 is 0.267 bits per heavy atom. The molecule has 0 bridgehead atoms. The van der Waals surface area contributed by atoms with Crippen LogP contribution in [-0.2, 0) is 0 Å². The third-order valence-corrected chi connectivity index (χ3v) is 15.4. The molecular weight excluding hydrogens is 909 g/mol. The summed E-state index contributed by atoms with van der Waals surface area (Å²) in [4.78, 5) is 2.36. The minimum absolute atomic E-state index is 0.890. The summed E-state index contributed by atoms with van der Waals surface area (Å²) in [6.45, 7) is 0. The Hall–Kier alpha value is -9.96. The number of hydrogen-bond donors (Lipinski definition) is 0. The predicted molar refractivity (Wildman–Crippen MR) is 317 cm³/mol.